The zero-order valence-electron chi connectivity index (χ0n) is 17.1. The van der Waals surface area contributed by atoms with Crippen LogP contribution in [0.4, 0.5) is 5.69 Å². The van der Waals surface area contributed by atoms with Crippen molar-refractivity contribution in [2.45, 2.75) is 6.61 Å². The van der Waals surface area contributed by atoms with Crippen molar-refractivity contribution in [3.05, 3.63) is 105 Å². The molecule has 9 nitrogen and oxygen atoms in total. The number of hydrogen-bond acceptors (Lipinski definition) is 7. The van der Waals surface area contributed by atoms with Crippen LogP contribution in [0.5, 0.6) is 5.75 Å². The molecule has 0 unspecified atom stereocenters. The van der Waals surface area contributed by atoms with E-state index < -0.39 is 10.8 Å². The third-order valence-corrected chi connectivity index (χ3v) is 4.73. The normalized spacial score (nSPS) is 10.8. The number of non-ortho nitro benzene ring substituents is 1. The number of fused-ring (bicyclic) bond motifs is 1. The molecule has 9 heteroatoms. The van der Waals surface area contributed by atoms with E-state index in [0.29, 0.717) is 22.3 Å². The Labute approximate surface area is 187 Å². The molecule has 33 heavy (non-hydrogen) atoms. The standard InChI is InChI=1S/C24H16N4O5/c25-13-17-3-1-2-4-18(17)15-32-21-8-5-16(6-9-21)14-26-27-24(29)23-12-19-11-20(28(30)31)7-10-22(19)33-23/h1-12,14H,15H2,(H,27,29)/b26-14-. The van der Waals surface area contributed by atoms with Gasteiger partial charge in [-0.05, 0) is 48.0 Å². The van der Waals surface area contributed by atoms with Crippen molar-refractivity contribution >= 4 is 28.8 Å². The van der Waals surface area contributed by atoms with Gasteiger partial charge in [0.05, 0.1) is 22.8 Å². The van der Waals surface area contributed by atoms with Crippen molar-refractivity contribution in [2.24, 2.45) is 5.10 Å². The van der Waals surface area contributed by atoms with Gasteiger partial charge < -0.3 is 9.15 Å². The van der Waals surface area contributed by atoms with Crippen LogP contribution in [0.1, 0.15) is 27.2 Å². The van der Waals surface area contributed by atoms with E-state index in [2.05, 4.69) is 16.6 Å². The number of rotatable bonds is 7. The first-order valence-electron chi connectivity index (χ1n) is 9.76. The van der Waals surface area contributed by atoms with Crippen molar-refractivity contribution in [1.29, 1.82) is 5.26 Å². The molecule has 0 radical (unpaired) electrons. The van der Waals surface area contributed by atoms with Crippen molar-refractivity contribution in [2.75, 3.05) is 0 Å². The van der Waals surface area contributed by atoms with Crippen LogP contribution < -0.4 is 10.2 Å². The number of hydrogen-bond donors (Lipinski definition) is 1. The van der Waals surface area contributed by atoms with Gasteiger partial charge in [-0.3, -0.25) is 14.9 Å². The van der Waals surface area contributed by atoms with Gasteiger partial charge >= 0.3 is 5.91 Å². The number of carbonyl (C=O) groups excluding carboxylic acids is 1. The number of ether oxygens (including phenoxy) is 1. The van der Waals surface area contributed by atoms with Crippen molar-refractivity contribution in [1.82, 2.24) is 5.43 Å². The summed E-state index contributed by atoms with van der Waals surface area (Å²) >= 11 is 0. The van der Waals surface area contributed by atoms with Crippen LogP contribution in [0, 0.1) is 21.4 Å². The van der Waals surface area contributed by atoms with Crippen molar-refractivity contribution in [3.63, 3.8) is 0 Å². The van der Waals surface area contributed by atoms with Gasteiger partial charge in [-0.1, -0.05) is 18.2 Å². The number of benzene rings is 3. The van der Waals surface area contributed by atoms with E-state index in [1.165, 1.54) is 30.5 Å². The predicted octanol–water partition coefficient (Wildman–Crippen LogP) is 4.56. The molecule has 0 bridgehead atoms. The highest BCUT2D eigenvalue weighted by molar-refractivity contribution is 5.97. The number of nitro groups is 1. The summed E-state index contributed by atoms with van der Waals surface area (Å²) in [7, 11) is 0. The van der Waals surface area contributed by atoms with Crippen LogP contribution in [0.15, 0.2) is 82.3 Å². The summed E-state index contributed by atoms with van der Waals surface area (Å²) in [6, 6.07) is 21.9. The number of nitrogens with one attached hydrogen (secondary N) is 1. The first-order chi connectivity index (χ1) is 16.0. The van der Waals surface area contributed by atoms with E-state index in [9.17, 15) is 14.9 Å². The maximum absolute atomic E-state index is 12.3. The number of furan rings is 1. The van der Waals surface area contributed by atoms with Gasteiger partial charge in [-0.15, -0.1) is 0 Å². The molecular weight excluding hydrogens is 424 g/mol. The first kappa shape index (κ1) is 21.3. The summed E-state index contributed by atoms with van der Waals surface area (Å²) in [5, 5.41) is 24.4. The number of carbonyl (C=O) groups is 1. The number of nitro benzene ring substituents is 1. The Bertz CT molecular complexity index is 1400. The molecule has 162 valence electrons. The highest BCUT2D eigenvalue weighted by Gasteiger charge is 2.14. The molecule has 1 aromatic heterocycles. The maximum atomic E-state index is 12.3. The molecule has 4 aromatic rings. The van der Waals surface area contributed by atoms with Gasteiger partial charge in [0.2, 0.25) is 0 Å². The lowest BCUT2D eigenvalue weighted by Crippen LogP contribution is -2.16. The highest BCUT2D eigenvalue weighted by atomic mass is 16.6. The Morgan fingerprint density at radius 1 is 1.15 bits per heavy atom. The number of hydrazone groups is 1. The molecule has 0 aliphatic heterocycles. The Kier molecular flexibility index (Phi) is 6.09. The first-order valence-corrected chi connectivity index (χ1v) is 9.76. The molecule has 3 aromatic carbocycles. The zero-order valence-corrected chi connectivity index (χ0v) is 17.1. The molecule has 0 fully saturated rings. The van der Waals surface area contributed by atoms with E-state index in [0.717, 1.165) is 11.1 Å². The lowest BCUT2D eigenvalue weighted by atomic mass is 10.1. The molecule has 0 saturated heterocycles. The second-order valence-electron chi connectivity index (χ2n) is 6.92. The molecule has 0 atom stereocenters. The fraction of sp³-hybridized carbons (Fsp3) is 0.0417. The Balaban J connectivity index is 1.34. The summed E-state index contributed by atoms with van der Waals surface area (Å²) in [5.74, 6) is 0.0329. The molecule has 0 aliphatic carbocycles. The Morgan fingerprint density at radius 2 is 1.94 bits per heavy atom. The molecular formula is C24H16N4O5. The highest BCUT2D eigenvalue weighted by Crippen LogP contribution is 2.24. The average molecular weight is 440 g/mol. The van der Waals surface area contributed by atoms with Crippen LogP contribution in [0.3, 0.4) is 0 Å². The molecule has 0 saturated carbocycles. The largest absolute Gasteiger partial charge is 0.489 e. The second-order valence-corrected chi connectivity index (χ2v) is 6.92. The zero-order chi connectivity index (χ0) is 23.2. The number of amides is 1. The smallest absolute Gasteiger partial charge is 0.307 e. The van der Waals surface area contributed by atoms with Gasteiger partial charge in [0.25, 0.3) is 5.69 Å². The average Bonchev–Trinajstić information content (AvgIpc) is 3.27. The SMILES string of the molecule is N#Cc1ccccc1COc1ccc(/C=N\NC(=O)c2cc3cc([N+](=O)[O-])ccc3o2)cc1. The van der Waals surface area contributed by atoms with Gasteiger partial charge in [-0.2, -0.15) is 10.4 Å². The third-order valence-electron chi connectivity index (χ3n) is 4.73. The number of nitrogens with zero attached hydrogens (tertiary/aromatic N) is 3. The lowest BCUT2D eigenvalue weighted by molar-refractivity contribution is -0.384. The third kappa shape index (κ3) is 5.03. The molecule has 1 N–H and O–H groups in total. The van der Waals surface area contributed by atoms with E-state index in [1.807, 2.05) is 12.1 Å². The monoisotopic (exact) mass is 440 g/mol. The summed E-state index contributed by atoms with van der Waals surface area (Å²) < 4.78 is 11.1. The molecule has 1 amide bonds. The van der Waals surface area contributed by atoms with Crippen LogP contribution in [0.2, 0.25) is 0 Å². The van der Waals surface area contributed by atoms with E-state index in [4.69, 9.17) is 14.4 Å². The second kappa shape index (κ2) is 9.45. The fourth-order valence-electron chi connectivity index (χ4n) is 3.04. The van der Waals surface area contributed by atoms with Crippen LogP contribution in [-0.4, -0.2) is 17.0 Å². The minimum absolute atomic E-state index is 0.0101. The van der Waals surface area contributed by atoms with Gasteiger partial charge in [0.1, 0.15) is 17.9 Å². The Hall–Kier alpha value is -4.97. The van der Waals surface area contributed by atoms with E-state index in [-0.39, 0.29) is 18.1 Å². The predicted molar refractivity (Wildman–Crippen MR) is 120 cm³/mol. The van der Waals surface area contributed by atoms with Gasteiger partial charge in [0.15, 0.2) is 5.76 Å². The van der Waals surface area contributed by atoms with Gasteiger partial charge in [0, 0.05) is 23.1 Å². The van der Waals surface area contributed by atoms with Crippen LogP contribution in [-0.2, 0) is 6.61 Å². The maximum Gasteiger partial charge on any atom is 0.307 e. The fourth-order valence-corrected chi connectivity index (χ4v) is 3.04. The quantitative estimate of drug-likeness (QED) is 0.255. The lowest BCUT2D eigenvalue weighted by Gasteiger charge is -2.07. The molecule has 1 heterocycles. The topological polar surface area (TPSA) is 131 Å². The van der Waals surface area contributed by atoms with E-state index >= 15 is 0 Å². The van der Waals surface area contributed by atoms with Crippen LogP contribution in [0.25, 0.3) is 11.0 Å². The van der Waals surface area contributed by atoms with Crippen molar-refractivity contribution < 1.29 is 18.9 Å². The molecule has 0 spiro atoms. The van der Waals surface area contributed by atoms with Gasteiger partial charge in [-0.25, -0.2) is 5.43 Å². The molecule has 0 aliphatic rings. The van der Waals surface area contributed by atoms with Crippen molar-refractivity contribution in [3.8, 4) is 11.8 Å². The summed E-state index contributed by atoms with van der Waals surface area (Å²) in [6.07, 6.45) is 1.46. The minimum Gasteiger partial charge on any atom is -0.489 e. The summed E-state index contributed by atoms with van der Waals surface area (Å²) in [6.45, 7) is 0.272. The summed E-state index contributed by atoms with van der Waals surface area (Å²) in [4.78, 5) is 22.6. The Morgan fingerprint density at radius 3 is 2.70 bits per heavy atom. The van der Waals surface area contributed by atoms with E-state index in [1.54, 1.807) is 36.4 Å². The molecule has 4 rings (SSSR count). The number of nitriles is 1. The van der Waals surface area contributed by atoms with Crippen LogP contribution >= 0.6 is 0 Å². The minimum atomic E-state index is -0.582. The summed E-state index contributed by atoms with van der Waals surface area (Å²) in [5.41, 5.74) is 4.73.